The van der Waals surface area contributed by atoms with Crippen molar-refractivity contribution in [3.05, 3.63) is 70.2 Å². The number of amides is 2. The second-order valence-corrected chi connectivity index (χ2v) is 9.36. The van der Waals surface area contributed by atoms with Gasteiger partial charge in [-0.3, -0.25) is 4.90 Å². The van der Waals surface area contributed by atoms with Crippen LogP contribution < -0.4 is 10.6 Å². The first-order chi connectivity index (χ1) is 16.2. The predicted octanol–water partition coefficient (Wildman–Crippen LogP) is 5.19. The van der Waals surface area contributed by atoms with Crippen molar-refractivity contribution in [2.24, 2.45) is 0 Å². The molecule has 1 saturated heterocycles. The smallest absolute Gasteiger partial charge is 0.324 e. The fraction of sp³-hybridized carbons (Fsp3) is 0.296. The number of aromatic nitrogens is 3. The molecule has 174 valence electrons. The Balaban J connectivity index is 1.43. The molecule has 0 atom stereocenters. The summed E-state index contributed by atoms with van der Waals surface area (Å²) in [4.78, 5) is 29.2. The maximum absolute atomic E-state index is 13.2. The highest BCUT2D eigenvalue weighted by Crippen LogP contribution is 2.37. The van der Waals surface area contributed by atoms with Gasteiger partial charge in [0, 0.05) is 36.6 Å². The molecular formula is C27H30N6O. The normalized spacial score (nSPS) is 14.0. The van der Waals surface area contributed by atoms with Crippen molar-refractivity contribution < 1.29 is 4.79 Å². The molecule has 5 rings (SSSR count). The van der Waals surface area contributed by atoms with Crippen molar-refractivity contribution in [1.82, 2.24) is 19.9 Å². The summed E-state index contributed by atoms with van der Waals surface area (Å²) in [6.07, 6.45) is 0. The largest absolute Gasteiger partial charge is 0.383 e. The molecule has 2 amide bonds. The third kappa shape index (κ3) is 3.77. The predicted molar refractivity (Wildman–Crippen MR) is 137 cm³/mol. The minimum Gasteiger partial charge on any atom is -0.383 e. The Kier molecular flexibility index (Phi) is 5.27. The lowest BCUT2D eigenvalue weighted by Gasteiger charge is -2.20. The Morgan fingerprint density at radius 3 is 2.41 bits per heavy atom. The van der Waals surface area contributed by atoms with E-state index in [-0.39, 0.29) is 6.03 Å². The van der Waals surface area contributed by atoms with Crippen LogP contribution in [-0.2, 0) is 6.54 Å². The van der Waals surface area contributed by atoms with E-state index in [9.17, 15) is 4.79 Å². The number of aryl methyl sites for hydroxylation is 5. The first-order valence-electron chi connectivity index (χ1n) is 11.6. The Labute approximate surface area is 199 Å². The Hall–Kier alpha value is -3.87. The molecule has 7 nitrogen and oxygen atoms in total. The molecule has 2 aromatic carbocycles. The number of hydrogen-bond donors (Lipinski definition) is 2. The van der Waals surface area contributed by atoms with Crippen LogP contribution in [0.1, 0.15) is 33.8 Å². The van der Waals surface area contributed by atoms with Crippen molar-refractivity contribution in [1.29, 1.82) is 0 Å². The van der Waals surface area contributed by atoms with Crippen LogP contribution in [0.2, 0.25) is 0 Å². The van der Waals surface area contributed by atoms with Crippen LogP contribution in [0.3, 0.4) is 0 Å². The maximum atomic E-state index is 13.2. The summed E-state index contributed by atoms with van der Waals surface area (Å²) >= 11 is 0. The van der Waals surface area contributed by atoms with Gasteiger partial charge in [-0.25, -0.2) is 14.8 Å². The fourth-order valence-corrected chi connectivity index (χ4v) is 5.14. The van der Waals surface area contributed by atoms with Gasteiger partial charge in [0.1, 0.15) is 17.3 Å². The van der Waals surface area contributed by atoms with Crippen LogP contribution in [0.25, 0.3) is 22.2 Å². The lowest BCUT2D eigenvalue weighted by atomic mass is 9.97. The minimum atomic E-state index is 0.0442. The summed E-state index contributed by atoms with van der Waals surface area (Å²) in [5, 5.41) is 0.843. The molecule has 0 radical (unpaired) electrons. The van der Waals surface area contributed by atoms with Crippen LogP contribution in [0.4, 0.5) is 16.3 Å². The first kappa shape index (κ1) is 21.9. The van der Waals surface area contributed by atoms with Crippen LogP contribution in [0, 0.1) is 34.6 Å². The molecular weight excluding hydrogens is 424 g/mol. The zero-order valence-corrected chi connectivity index (χ0v) is 20.4. The highest BCUT2D eigenvalue weighted by atomic mass is 16.2. The summed E-state index contributed by atoms with van der Waals surface area (Å²) in [6, 6.07) is 12.7. The first-order valence-corrected chi connectivity index (χ1v) is 11.6. The van der Waals surface area contributed by atoms with Gasteiger partial charge in [0.05, 0.1) is 5.39 Å². The summed E-state index contributed by atoms with van der Waals surface area (Å²) in [5.74, 6) is 1.12. The average Bonchev–Trinajstić information content (AvgIpc) is 3.26. The van der Waals surface area contributed by atoms with E-state index in [1.807, 2.05) is 29.7 Å². The number of carbonyl (C=O) groups excluding carboxylic acids is 1. The number of urea groups is 1. The molecule has 1 aliphatic rings. The van der Waals surface area contributed by atoms with Crippen molar-refractivity contribution in [3.8, 4) is 11.1 Å². The number of nitrogens with two attached hydrogens (primary N) is 1. The molecule has 4 aromatic rings. The van der Waals surface area contributed by atoms with Crippen LogP contribution >= 0.6 is 0 Å². The third-order valence-electron chi connectivity index (χ3n) is 6.52. The highest BCUT2D eigenvalue weighted by Gasteiger charge is 2.30. The van der Waals surface area contributed by atoms with Gasteiger partial charge in [-0.05, 0) is 63.4 Å². The van der Waals surface area contributed by atoms with Crippen LogP contribution in [0.5, 0.6) is 0 Å². The van der Waals surface area contributed by atoms with Crippen LogP contribution in [-0.4, -0.2) is 39.0 Å². The molecule has 0 saturated carbocycles. The molecule has 0 bridgehead atoms. The molecule has 3 N–H and O–H groups in total. The van der Waals surface area contributed by atoms with Gasteiger partial charge >= 0.3 is 6.03 Å². The van der Waals surface area contributed by atoms with Crippen molar-refractivity contribution >= 4 is 28.6 Å². The number of rotatable bonds is 4. The number of nitrogen functional groups attached to an aromatic ring is 1. The number of aromatic amines is 1. The Morgan fingerprint density at radius 1 is 0.971 bits per heavy atom. The van der Waals surface area contributed by atoms with Crippen molar-refractivity contribution in [3.63, 3.8) is 0 Å². The molecule has 2 aromatic heterocycles. The second kappa shape index (κ2) is 8.17. The maximum Gasteiger partial charge on any atom is 0.324 e. The van der Waals surface area contributed by atoms with E-state index < -0.39 is 0 Å². The quantitative estimate of drug-likeness (QED) is 0.444. The molecule has 1 aliphatic heterocycles. The third-order valence-corrected chi connectivity index (χ3v) is 6.52. The van der Waals surface area contributed by atoms with Gasteiger partial charge in [0.25, 0.3) is 0 Å². The summed E-state index contributed by atoms with van der Waals surface area (Å²) in [5.41, 5.74) is 15.7. The minimum absolute atomic E-state index is 0.0442. The summed E-state index contributed by atoms with van der Waals surface area (Å²) in [7, 11) is 0. The van der Waals surface area contributed by atoms with E-state index >= 15 is 0 Å². The van der Waals surface area contributed by atoms with Gasteiger partial charge in [-0.2, -0.15) is 0 Å². The van der Waals surface area contributed by atoms with Gasteiger partial charge < -0.3 is 15.6 Å². The standard InChI is InChI=1S/C27H30N6O/c1-15-10-16(2)12-20(11-15)14-32-8-9-33(27(32)34)21-6-7-22(17(3)13-21)23-18(4)29-26-24(23)25(28)30-19(5)31-26/h6-7,10-13H,8-9,14H2,1-5H3,(H3,28,29,30,31). The van der Waals surface area contributed by atoms with E-state index in [0.29, 0.717) is 31.3 Å². The van der Waals surface area contributed by atoms with Gasteiger partial charge in [0.15, 0.2) is 0 Å². The second-order valence-electron chi connectivity index (χ2n) is 9.36. The van der Waals surface area contributed by atoms with Crippen molar-refractivity contribution in [2.75, 3.05) is 23.7 Å². The molecule has 7 heteroatoms. The monoisotopic (exact) mass is 454 g/mol. The average molecular weight is 455 g/mol. The zero-order chi connectivity index (χ0) is 24.1. The van der Waals surface area contributed by atoms with E-state index in [1.165, 1.54) is 16.7 Å². The molecule has 34 heavy (non-hydrogen) atoms. The van der Waals surface area contributed by atoms with Crippen molar-refractivity contribution in [2.45, 2.75) is 41.2 Å². The lowest BCUT2D eigenvalue weighted by molar-refractivity contribution is 0.218. The number of nitrogens with one attached hydrogen (secondary N) is 1. The van der Waals surface area contributed by atoms with Gasteiger partial charge in [0.2, 0.25) is 0 Å². The number of anilines is 2. The fourth-order valence-electron chi connectivity index (χ4n) is 5.14. The number of fused-ring (bicyclic) bond motifs is 1. The number of H-pyrrole nitrogens is 1. The van der Waals surface area contributed by atoms with E-state index in [1.54, 1.807) is 0 Å². The number of carbonyl (C=O) groups is 1. The van der Waals surface area contributed by atoms with Crippen LogP contribution in [0.15, 0.2) is 36.4 Å². The summed E-state index contributed by atoms with van der Waals surface area (Å²) in [6.45, 7) is 12.1. The molecule has 0 unspecified atom stereocenters. The van der Waals surface area contributed by atoms with E-state index in [4.69, 9.17) is 5.73 Å². The lowest BCUT2D eigenvalue weighted by Crippen LogP contribution is -2.31. The molecule has 0 spiro atoms. The van der Waals surface area contributed by atoms with E-state index in [2.05, 4.69) is 66.1 Å². The number of nitrogens with zero attached hydrogens (tertiary/aromatic N) is 4. The summed E-state index contributed by atoms with van der Waals surface area (Å²) < 4.78 is 0. The molecule has 1 fully saturated rings. The topological polar surface area (TPSA) is 91.1 Å². The Morgan fingerprint density at radius 2 is 1.71 bits per heavy atom. The highest BCUT2D eigenvalue weighted by molar-refractivity contribution is 6.03. The van der Waals surface area contributed by atoms with Gasteiger partial charge in [-0.1, -0.05) is 35.4 Å². The zero-order valence-electron chi connectivity index (χ0n) is 20.4. The molecule has 3 heterocycles. The number of hydrogen-bond acceptors (Lipinski definition) is 4. The SMILES string of the molecule is Cc1cc(C)cc(CN2CCN(c3ccc(-c4c(C)[nH]c5nc(C)nc(N)c45)c(C)c3)C2=O)c1. The molecule has 0 aliphatic carbocycles. The number of benzene rings is 2. The Bertz CT molecular complexity index is 1420. The van der Waals surface area contributed by atoms with Gasteiger partial charge in [-0.15, -0.1) is 0 Å². The van der Waals surface area contributed by atoms with E-state index in [0.717, 1.165) is 39.1 Å².